The lowest BCUT2D eigenvalue weighted by atomic mass is 10.0. The molecule has 118 valence electrons. The Bertz CT molecular complexity index is 837. The molecule has 3 aromatic rings. The summed E-state index contributed by atoms with van der Waals surface area (Å²) in [5.41, 5.74) is 7.96. The van der Waals surface area contributed by atoms with Gasteiger partial charge in [-0.1, -0.05) is 17.3 Å². The Kier molecular flexibility index (Phi) is 3.84. The highest BCUT2D eigenvalue weighted by molar-refractivity contribution is 5.92. The minimum atomic E-state index is -0.463. The average Bonchev–Trinajstić information content (AvgIpc) is 3.15. The topological polar surface area (TPSA) is 94.1 Å². The van der Waals surface area contributed by atoms with Crippen LogP contribution in [0, 0.1) is 5.82 Å². The van der Waals surface area contributed by atoms with Crippen molar-refractivity contribution in [1.29, 1.82) is 0 Å². The van der Waals surface area contributed by atoms with Gasteiger partial charge in [-0.2, -0.15) is 0 Å². The van der Waals surface area contributed by atoms with Crippen molar-refractivity contribution < 1.29 is 18.4 Å². The Hall–Kier alpha value is -3.09. The highest BCUT2D eigenvalue weighted by Crippen LogP contribution is 2.36. The van der Waals surface area contributed by atoms with Gasteiger partial charge in [0.1, 0.15) is 11.5 Å². The molecule has 23 heavy (non-hydrogen) atoms. The summed E-state index contributed by atoms with van der Waals surface area (Å²) in [5.74, 6) is -0.238. The number of nitrogens with two attached hydrogens (primary N) is 1. The fraction of sp³-hybridized carbons (Fsp3) is 0.125. The second-order valence-electron chi connectivity index (χ2n) is 4.80. The lowest BCUT2D eigenvalue weighted by molar-refractivity contribution is 0.0520. The van der Waals surface area contributed by atoms with E-state index in [1.165, 1.54) is 12.1 Å². The van der Waals surface area contributed by atoms with Crippen LogP contribution in [0.4, 0.5) is 10.2 Å². The molecule has 7 heteroatoms. The van der Waals surface area contributed by atoms with Crippen molar-refractivity contribution >= 4 is 11.8 Å². The fourth-order valence-electron chi connectivity index (χ4n) is 2.25. The number of hydrogen-bond acceptors (Lipinski definition) is 5. The first-order valence-electron chi connectivity index (χ1n) is 6.97. The van der Waals surface area contributed by atoms with Gasteiger partial charge in [-0.05, 0) is 30.7 Å². The summed E-state index contributed by atoms with van der Waals surface area (Å²) in [4.78, 5) is 14.5. The predicted molar refractivity (Wildman–Crippen MR) is 82.1 cm³/mol. The molecule has 0 unspecified atom stereocenters. The molecular formula is C16H14FN3O3. The third-order valence-electron chi connectivity index (χ3n) is 3.29. The second kappa shape index (κ2) is 5.96. The first kappa shape index (κ1) is 14.8. The standard InChI is InChI=1S/C16H14FN3O3/c1-2-22-16(21)12-7-10(8-19-12)14-13(15(18)20-23-14)9-3-5-11(17)6-4-9/h3-8,19H,2H2,1H3,(H2,18,20). The Balaban J connectivity index is 2.02. The molecule has 0 bridgehead atoms. The molecule has 0 saturated carbocycles. The van der Waals surface area contributed by atoms with Crippen molar-refractivity contribution in [2.75, 3.05) is 12.3 Å². The zero-order chi connectivity index (χ0) is 16.4. The van der Waals surface area contributed by atoms with Gasteiger partial charge in [-0.15, -0.1) is 0 Å². The number of nitrogens with one attached hydrogen (secondary N) is 1. The van der Waals surface area contributed by atoms with Crippen LogP contribution < -0.4 is 5.73 Å². The molecule has 2 heterocycles. The molecule has 0 aliphatic rings. The molecule has 0 saturated heterocycles. The maximum Gasteiger partial charge on any atom is 0.354 e. The number of nitrogens with zero attached hydrogens (tertiary/aromatic N) is 1. The number of esters is 1. The van der Waals surface area contributed by atoms with Gasteiger partial charge in [0.25, 0.3) is 0 Å². The molecule has 0 spiro atoms. The highest BCUT2D eigenvalue weighted by Gasteiger charge is 2.20. The summed E-state index contributed by atoms with van der Waals surface area (Å²) in [7, 11) is 0. The van der Waals surface area contributed by atoms with Gasteiger partial charge in [-0.25, -0.2) is 9.18 Å². The van der Waals surface area contributed by atoms with Gasteiger partial charge in [0, 0.05) is 11.8 Å². The number of anilines is 1. The van der Waals surface area contributed by atoms with E-state index < -0.39 is 5.97 Å². The Morgan fingerprint density at radius 3 is 2.78 bits per heavy atom. The molecular weight excluding hydrogens is 301 g/mol. The van der Waals surface area contributed by atoms with Gasteiger partial charge in [0.2, 0.25) is 0 Å². The van der Waals surface area contributed by atoms with Crippen molar-refractivity contribution in [3.05, 3.63) is 48.0 Å². The van der Waals surface area contributed by atoms with E-state index in [2.05, 4.69) is 10.1 Å². The predicted octanol–water partition coefficient (Wildman–Crippen LogP) is 3.23. The molecule has 3 rings (SSSR count). The monoisotopic (exact) mass is 315 g/mol. The summed E-state index contributed by atoms with van der Waals surface area (Å²) >= 11 is 0. The van der Waals surface area contributed by atoms with E-state index in [0.717, 1.165) is 0 Å². The number of aromatic nitrogens is 2. The number of aromatic amines is 1. The van der Waals surface area contributed by atoms with E-state index in [-0.39, 0.29) is 18.2 Å². The van der Waals surface area contributed by atoms with Crippen molar-refractivity contribution in [2.45, 2.75) is 6.92 Å². The summed E-state index contributed by atoms with van der Waals surface area (Å²) in [6, 6.07) is 7.41. The van der Waals surface area contributed by atoms with Crippen LogP contribution in [-0.2, 0) is 4.74 Å². The number of carbonyl (C=O) groups excluding carboxylic acids is 1. The number of H-pyrrole nitrogens is 1. The van der Waals surface area contributed by atoms with E-state index in [9.17, 15) is 9.18 Å². The first-order chi connectivity index (χ1) is 11.1. The maximum absolute atomic E-state index is 13.1. The number of ether oxygens (including phenoxy) is 1. The molecule has 6 nitrogen and oxygen atoms in total. The Morgan fingerprint density at radius 1 is 1.35 bits per heavy atom. The number of hydrogen-bond donors (Lipinski definition) is 2. The van der Waals surface area contributed by atoms with E-state index in [4.69, 9.17) is 15.0 Å². The van der Waals surface area contributed by atoms with Crippen LogP contribution in [0.1, 0.15) is 17.4 Å². The lowest BCUT2D eigenvalue weighted by Gasteiger charge is -2.01. The molecule has 0 aliphatic carbocycles. The van der Waals surface area contributed by atoms with Crippen LogP contribution in [-0.4, -0.2) is 22.7 Å². The van der Waals surface area contributed by atoms with E-state index in [1.807, 2.05) is 0 Å². The van der Waals surface area contributed by atoms with Crippen molar-refractivity contribution in [1.82, 2.24) is 10.1 Å². The molecule has 0 amide bonds. The normalized spacial score (nSPS) is 10.7. The summed E-state index contributed by atoms with van der Waals surface area (Å²) in [5, 5.41) is 3.76. The average molecular weight is 315 g/mol. The zero-order valence-electron chi connectivity index (χ0n) is 12.3. The van der Waals surface area contributed by atoms with Crippen molar-refractivity contribution in [3.8, 4) is 22.5 Å². The molecule has 0 fully saturated rings. The van der Waals surface area contributed by atoms with Gasteiger partial charge in [0.15, 0.2) is 11.6 Å². The summed E-state index contributed by atoms with van der Waals surface area (Å²) in [6.45, 7) is 2.01. The van der Waals surface area contributed by atoms with Crippen LogP contribution in [0.3, 0.4) is 0 Å². The third-order valence-corrected chi connectivity index (χ3v) is 3.29. The molecule has 0 aliphatic heterocycles. The number of rotatable bonds is 4. The first-order valence-corrected chi connectivity index (χ1v) is 6.97. The van der Waals surface area contributed by atoms with Crippen LogP contribution in [0.5, 0.6) is 0 Å². The Labute approximate surface area is 131 Å². The maximum atomic E-state index is 13.1. The van der Waals surface area contributed by atoms with Crippen LogP contribution >= 0.6 is 0 Å². The van der Waals surface area contributed by atoms with Crippen molar-refractivity contribution in [3.63, 3.8) is 0 Å². The fourth-order valence-corrected chi connectivity index (χ4v) is 2.25. The Morgan fingerprint density at radius 2 is 2.09 bits per heavy atom. The minimum absolute atomic E-state index is 0.186. The summed E-state index contributed by atoms with van der Waals surface area (Å²) in [6.07, 6.45) is 1.60. The zero-order valence-corrected chi connectivity index (χ0v) is 12.3. The van der Waals surface area contributed by atoms with Crippen LogP contribution in [0.15, 0.2) is 41.1 Å². The van der Waals surface area contributed by atoms with Crippen LogP contribution in [0.25, 0.3) is 22.5 Å². The molecule has 1 aromatic carbocycles. The van der Waals surface area contributed by atoms with Gasteiger partial charge in [-0.3, -0.25) is 0 Å². The second-order valence-corrected chi connectivity index (χ2v) is 4.80. The number of halogens is 1. The lowest BCUT2D eigenvalue weighted by Crippen LogP contribution is -2.04. The molecule has 0 radical (unpaired) electrons. The highest BCUT2D eigenvalue weighted by atomic mass is 19.1. The molecule has 2 aromatic heterocycles. The smallest absolute Gasteiger partial charge is 0.354 e. The number of benzene rings is 1. The SMILES string of the molecule is CCOC(=O)c1cc(-c2onc(N)c2-c2ccc(F)cc2)c[nH]1. The van der Waals surface area contributed by atoms with E-state index in [0.29, 0.717) is 28.1 Å². The van der Waals surface area contributed by atoms with Crippen molar-refractivity contribution in [2.24, 2.45) is 0 Å². The van der Waals surface area contributed by atoms with Gasteiger partial charge >= 0.3 is 5.97 Å². The quantitative estimate of drug-likeness (QED) is 0.721. The van der Waals surface area contributed by atoms with Gasteiger partial charge < -0.3 is 20.0 Å². The van der Waals surface area contributed by atoms with E-state index >= 15 is 0 Å². The largest absolute Gasteiger partial charge is 0.461 e. The van der Waals surface area contributed by atoms with E-state index in [1.54, 1.807) is 31.3 Å². The van der Waals surface area contributed by atoms with Crippen LogP contribution in [0.2, 0.25) is 0 Å². The van der Waals surface area contributed by atoms with Gasteiger partial charge in [0.05, 0.1) is 12.2 Å². The molecule has 3 N–H and O–H groups in total. The third kappa shape index (κ3) is 2.80. The number of nitrogen functional groups attached to an aromatic ring is 1. The molecule has 0 atom stereocenters. The minimum Gasteiger partial charge on any atom is -0.461 e. The number of carbonyl (C=O) groups is 1. The summed E-state index contributed by atoms with van der Waals surface area (Å²) < 4.78 is 23.3.